The first-order valence-corrected chi connectivity index (χ1v) is 8.12. The summed E-state index contributed by atoms with van der Waals surface area (Å²) < 4.78 is 1.68. The molecule has 9 nitrogen and oxygen atoms in total. The van der Waals surface area contributed by atoms with E-state index >= 15 is 0 Å². The van der Waals surface area contributed by atoms with Gasteiger partial charge in [0.05, 0.1) is 12.3 Å². The van der Waals surface area contributed by atoms with Crippen LogP contribution < -0.4 is 16.0 Å². The molecule has 2 aromatic heterocycles. The van der Waals surface area contributed by atoms with Gasteiger partial charge in [-0.25, -0.2) is 4.40 Å². The monoisotopic (exact) mass is 334 g/mol. The van der Waals surface area contributed by atoms with Crippen LogP contribution in [0, 0.1) is 12.3 Å². The maximum Gasteiger partial charge on any atom is 0.261 e. The smallest absolute Gasteiger partial charge is 0.261 e. The highest BCUT2D eigenvalue weighted by molar-refractivity contribution is 7.99. The molecule has 0 saturated heterocycles. The van der Waals surface area contributed by atoms with Gasteiger partial charge in [-0.2, -0.15) is 9.97 Å². The fourth-order valence-corrected chi connectivity index (χ4v) is 2.49. The molecule has 0 unspecified atom stereocenters. The predicted molar refractivity (Wildman–Crippen MR) is 89.5 cm³/mol. The molecule has 3 N–H and O–H groups in total. The van der Waals surface area contributed by atoms with E-state index in [-0.39, 0.29) is 18.2 Å². The normalized spacial score (nSPS) is 10.3. The maximum absolute atomic E-state index is 11.6. The van der Waals surface area contributed by atoms with Crippen molar-refractivity contribution in [2.45, 2.75) is 19.0 Å². The molecule has 0 aliphatic carbocycles. The van der Waals surface area contributed by atoms with Crippen LogP contribution in [0.1, 0.15) is 13.8 Å². The lowest BCUT2D eigenvalue weighted by Gasteiger charge is -2.09. The summed E-state index contributed by atoms with van der Waals surface area (Å²) >= 11 is 1.24. The Balaban J connectivity index is 2.24. The molecule has 0 atom stereocenters. The third-order valence-electron chi connectivity index (χ3n) is 2.64. The Kier molecular flexibility index (Phi) is 5.99. The van der Waals surface area contributed by atoms with Gasteiger partial charge in [0, 0.05) is 13.1 Å². The zero-order valence-electron chi connectivity index (χ0n) is 13.0. The molecule has 0 aliphatic heterocycles. The van der Waals surface area contributed by atoms with Gasteiger partial charge in [-0.15, -0.1) is 16.6 Å². The number of fused-ring (bicyclic) bond motifs is 1. The van der Waals surface area contributed by atoms with Gasteiger partial charge in [-0.1, -0.05) is 17.7 Å². The van der Waals surface area contributed by atoms with Crippen LogP contribution in [0.2, 0.25) is 0 Å². The number of thioether (sulfide) groups is 1. The number of terminal acetylenes is 1. The van der Waals surface area contributed by atoms with Crippen LogP contribution in [0.5, 0.6) is 0 Å². The van der Waals surface area contributed by atoms with E-state index in [0.717, 1.165) is 0 Å². The highest BCUT2D eigenvalue weighted by Crippen LogP contribution is 2.20. The van der Waals surface area contributed by atoms with Gasteiger partial charge >= 0.3 is 0 Å². The van der Waals surface area contributed by atoms with Crippen molar-refractivity contribution in [1.82, 2.24) is 29.9 Å². The lowest BCUT2D eigenvalue weighted by molar-refractivity contribution is -0.118. The third kappa shape index (κ3) is 4.23. The number of hydrogen-bond acceptors (Lipinski definition) is 8. The second-order valence-electron chi connectivity index (χ2n) is 4.32. The Hall–Kier alpha value is -2.54. The standard InChI is InChI=1S/C13H18N8OS/c1-4-7-16-9(22)8-23-13-20-19-12-18-10(14-5-2)17-11(15-6-3)21(12)13/h1H,5-8H2,2-3H3,(H,16,22)(H2,14,15,17,18,19). The predicted octanol–water partition coefficient (Wildman–Crippen LogP) is 0.224. The van der Waals surface area contributed by atoms with Crippen molar-refractivity contribution in [3.8, 4) is 12.3 Å². The Labute approximate surface area is 138 Å². The summed E-state index contributed by atoms with van der Waals surface area (Å²) in [5.74, 6) is 3.84. The Morgan fingerprint density at radius 1 is 1.26 bits per heavy atom. The SMILES string of the molecule is C#CCNC(=O)CSc1nnc2nc(NCC)nc(NCC)n12. The lowest BCUT2D eigenvalue weighted by atomic mass is 10.6. The first kappa shape index (κ1) is 16.8. The number of anilines is 2. The zero-order chi connectivity index (χ0) is 16.7. The van der Waals surface area contributed by atoms with Crippen molar-refractivity contribution < 1.29 is 4.79 Å². The van der Waals surface area contributed by atoms with Gasteiger partial charge < -0.3 is 16.0 Å². The fourth-order valence-electron chi connectivity index (χ4n) is 1.73. The van der Waals surface area contributed by atoms with E-state index in [0.29, 0.717) is 35.9 Å². The summed E-state index contributed by atoms with van der Waals surface area (Å²) in [6.45, 7) is 5.51. The van der Waals surface area contributed by atoms with Gasteiger partial charge in [-0.05, 0) is 13.8 Å². The van der Waals surface area contributed by atoms with Gasteiger partial charge in [0.2, 0.25) is 17.8 Å². The van der Waals surface area contributed by atoms with Gasteiger partial charge in [0.15, 0.2) is 5.16 Å². The van der Waals surface area contributed by atoms with Crippen LogP contribution in [0.4, 0.5) is 11.9 Å². The van der Waals surface area contributed by atoms with Gasteiger partial charge in [-0.3, -0.25) is 4.79 Å². The third-order valence-corrected chi connectivity index (χ3v) is 3.56. The molecule has 0 spiro atoms. The van der Waals surface area contributed by atoms with E-state index < -0.39 is 0 Å². The van der Waals surface area contributed by atoms with Crippen molar-refractivity contribution in [2.75, 3.05) is 36.0 Å². The molecule has 10 heteroatoms. The molecule has 0 aliphatic rings. The van der Waals surface area contributed by atoms with E-state index in [4.69, 9.17) is 6.42 Å². The summed E-state index contributed by atoms with van der Waals surface area (Å²) in [5, 5.41) is 17.5. The molecule has 0 saturated carbocycles. The molecule has 1 amide bonds. The van der Waals surface area contributed by atoms with E-state index in [1.54, 1.807) is 4.40 Å². The van der Waals surface area contributed by atoms with Crippen LogP contribution in [0.3, 0.4) is 0 Å². The molecular formula is C13H18N8OS. The number of amides is 1. The topological polar surface area (TPSA) is 109 Å². The average molecular weight is 334 g/mol. The molecule has 0 aromatic carbocycles. The van der Waals surface area contributed by atoms with E-state index in [1.165, 1.54) is 11.8 Å². The number of aromatic nitrogens is 5. The fraction of sp³-hybridized carbons (Fsp3) is 0.462. The first-order valence-electron chi connectivity index (χ1n) is 7.13. The zero-order valence-corrected chi connectivity index (χ0v) is 13.8. The number of nitrogens with zero attached hydrogens (tertiary/aromatic N) is 5. The van der Waals surface area contributed by atoms with E-state index in [1.807, 2.05) is 13.8 Å². The second kappa shape index (κ2) is 8.19. The van der Waals surface area contributed by atoms with Crippen molar-refractivity contribution in [2.24, 2.45) is 0 Å². The van der Waals surface area contributed by atoms with Gasteiger partial charge in [0.1, 0.15) is 0 Å². The minimum Gasteiger partial charge on any atom is -0.355 e. The van der Waals surface area contributed by atoms with Crippen molar-refractivity contribution in [3.63, 3.8) is 0 Å². The highest BCUT2D eigenvalue weighted by Gasteiger charge is 2.15. The van der Waals surface area contributed by atoms with Crippen LogP contribution >= 0.6 is 11.8 Å². The molecule has 23 heavy (non-hydrogen) atoms. The number of rotatable bonds is 8. The molecule has 2 rings (SSSR count). The van der Waals surface area contributed by atoms with Crippen molar-refractivity contribution in [3.05, 3.63) is 0 Å². The van der Waals surface area contributed by atoms with Crippen molar-refractivity contribution in [1.29, 1.82) is 0 Å². The quantitative estimate of drug-likeness (QED) is 0.465. The van der Waals surface area contributed by atoms with Crippen LogP contribution in [0.15, 0.2) is 5.16 Å². The van der Waals surface area contributed by atoms with Crippen LogP contribution in [-0.2, 0) is 4.79 Å². The summed E-state index contributed by atoms with van der Waals surface area (Å²) in [6, 6.07) is 0. The molecule has 122 valence electrons. The molecular weight excluding hydrogens is 316 g/mol. The Morgan fingerprint density at radius 2 is 2.04 bits per heavy atom. The summed E-state index contributed by atoms with van der Waals surface area (Å²) in [6.07, 6.45) is 5.11. The molecule has 0 bridgehead atoms. The molecule has 0 fully saturated rings. The molecule has 0 radical (unpaired) electrons. The molecule has 2 heterocycles. The van der Waals surface area contributed by atoms with E-state index in [2.05, 4.69) is 42.0 Å². The van der Waals surface area contributed by atoms with Gasteiger partial charge in [0.25, 0.3) is 5.78 Å². The van der Waals surface area contributed by atoms with Crippen LogP contribution in [-0.4, -0.2) is 55.9 Å². The number of carbonyl (C=O) groups is 1. The highest BCUT2D eigenvalue weighted by atomic mass is 32.2. The summed E-state index contributed by atoms with van der Waals surface area (Å²) in [4.78, 5) is 20.3. The number of nitrogens with one attached hydrogen (secondary N) is 3. The largest absolute Gasteiger partial charge is 0.355 e. The first-order chi connectivity index (χ1) is 11.2. The minimum atomic E-state index is -0.167. The lowest BCUT2D eigenvalue weighted by Crippen LogP contribution is -2.25. The average Bonchev–Trinajstić information content (AvgIpc) is 2.95. The van der Waals surface area contributed by atoms with E-state index in [9.17, 15) is 4.79 Å². The second-order valence-corrected chi connectivity index (χ2v) is 5.26. The summed E-state index contributed by atoms with van der Waals surface area (Å²) in [5.41, 5.74) is 0. The number of carbonyl (C=O) groups excluding carboxylic acids is 1. The maximum atomic E-state index is 11.6. The Morgan fingerprint density at radius 3 is 2.74 bits per heavy atom. The minimum absolute atomic E-state index is 0.167. The Bertz CT molecular complexity index is 723. The van der Waals surface area contributed by atoms with Crippen LogP contribution in [0.25, 0.3) is 5.78 Å². The summed E-state index contributed by atoms with van der Waals surface area (Å²) in [7, 11) is 0. The number of hydrogen-bond donors (Lipinski definition) is 3. The molecule has 2 aromatic rings. The van der Waals surface area contributed by atoms with Crippen molar-refractivity contribution >= 4 is 35.3 Å².